The molecule has 2 nitrogen and oxygen atoms in total. The first kappa shape index (κ1) is 13.4. The Kier molecular flexibility index (Phi) is 4.65. The van der Waals surface area contributed by atoms with Gasteiger partial charge in [0.1, 0.15) is 0 Å². The van der Waals surface area contributed by atoms with Crippen LogP contribution in [0.3, 0.4) is 0 Å². The quantitative estimate of drug-likeness (QED) is 0.817. The van der Waals surface area contributed by atoms with Gasteiger partial charge in [0.25, 0.3) is 0 Å². The molecule has 18 heavy (non-hydrogen) atoms. The number of benzene rings is 1. The highest BCUT2D eigenvalue weighted by atomic mass is 35.5. The average Bonchev–Trinajstić information content (AvgIpc) is 2.91. The van der Waals surface area contributed by atoms with Gasteiger partial charge >= 0.3 is 0 Å². The fourth-order valence-corrected chi connectivity index (χ4v) is 2.68. The first-order valence-electron chi connectivity index (χ1n) is 6.75. The number of rotatable bonds is 4. The molecule has 0 radical (unpaired) electrons. The van der Waals surface area contributed by atoms with E-state index in [0.29, 0.717) is 12.3 Å². The average molecular weight is 266 g/mol. The smallest absolute Gasteiger partial charge is 0.222 e. The Balaban J connectivity index is 1.91. The van der Waals surface area contributed by atoms with E-state index in [0.717, 1.165) is 43.8 Å². The molecule has 1 saturated heterocycles. The Hall–Kier alpha value is -1.02. The summed E-state index contributed by atoms with van der Waals surface area (Å²) in [4.78, 5) is 13.9. The van der Waals surface area contributed by atoms with Gasteiger partial charge in [0.15, 0.2) is 0 Å². The van der Waals surface area contributed by atoms with E-state index in [1.165, 1.54) is 11.1 Å². The zero-order valence-corrected chi connectivity index (χ0v) is 11.7. The van der Waals surface area contributed by atoms with Gasteiger partial charge in [-0.25, -0.2) is 0 Å². The number of likely N-dealkylation sites (tertiary alicyclic amines) is 1. The van der Waals surface area contributed by atoms with Crippen molar-refractivity contribution < 1.29 is 4.79 Å². The van der Waals surface area contributed by atoms with E-state index < -0.39 is 0 Å². The number of halogens is 1. The third-order valence-electron chi connectivity index (χ3n) is 3.58. The number of amides is 1. The van der Waals surface area contributed by atoms with Crippen LogP contribution in [0.1, 0.15) is 37.3 Å². The first-order valence-corrected chi connectivity index (χ1v) is 7.13. The van der Waals surface area contributed by atoms with Crippen molar-refractivity contribution in [1.82, 2.24) is 4.90 Å². The van der Waals surface area contributed by atoms with Crippen LogP contribution in [-0.2, 0) is 17.6 Å². The van der Waals surface area contributed by atoms with Crippen molar-refractivity contribution >= 4 is 17.5 Å². The molecule has 1 heterocycles. The van der Waals surface area contributed by atoms with Gasteiger partial charge in [-0.15, -0.1) is 0 Å². The highest BCUT2D eigenvalue weighted by Gasteiger charge is 2.17. The summed E-state index contributed by atoms with van der Waals surface area (Å²) < 4.78 is 0. The predicted octanol–water partition coefficient (Wildman–Crippen LogP) is 3.46. The summed E-state index contributed by atoms with van der Waals surface area (Å²) in [6.07, 6.45) is 4.69. The molecule has 3 heteroatoms. The zero-order chi connectivity index (χ0) is 13.0. The molecule has 0 atom stereocenters. The van der Waals surface area contributed by atoms with Crippen LogP contribution in [0.5, 0.6) is 0 Å². The fraction of sp³-hybridized carbons (Fsp3) is 0.533. The van der Waals surface area contributed by atoms with E-state index in [4.69, 9.17) is 11.6 Å². The molecule has 0 spiro atoms. The molecule has 0 N–H and O–H groups in total. The second-order valence-electron chi connectivity index (χ2n) is 4.87. The van der Waals surface area contributed by atoms with Crippen molar-refractivity contribution in [2.45, 2.75) is 39.0 Å². The molecular formula is C15H20ClNO. The van der Waals surface area contributed by atoms with Gasteiger partial charge in [-0.3, -0.25) is 4.79 Å². The van der Waals surface area contributed by atoms with Crippen LogP contribution in [0.25, 0.3) is 0 Å². The molecule has 0 aliphatic carbocycles. The molecule has 1 aliphatic rings. The zero-order valence-electron chi connectivity index (χ0n) is 10.9. The summed E-state index contributed by atoms with van der Waals surface area (Å²) in [5.41, 5.74) is 2.38. The standard InChI is InChI=1S/C15H20ClNO/c1-2-13-11-12(5-7-14(13)16)6-8-15(18)17-9-3-4-10-17/h5,7,11H,2-4,6,8-10H2,1H3. The number of hydrogen-bond donors (Lipinski definition) is 0. The normalized spacial score (nSPS) is 15.1. The summed E-state index contributed by atoms with van der Waals surface area (Å²) in [5, 5.41) is 0.826. The van der Waals surface area contributed by atoms with Crippen LogP contribution in [0, 0.1) is 0 Å². The maximum Gasteiger partial charge on any atom is 0.222 e. The van der Waals surface area contributed by atoms with E-state index in [9.17, 15) is 4.79 Å². The van der Waals surface area contributed by atoms with Gasteiger partial charge in [-0.05, 0) is 42.9 Å². The Labute approximate surface area is 114 Å². The molecule has 1 aromatic rings. The van der Waals surface area contributed by atoms with Crippen LogP contribution >= 0.6 is 11.6 Å². The van der Waals surface area contributed by atoms with Gasteiger partial charge in [-0.1, -0.05) is 30.7 Å². The second kappa shape index (κ2) is 6.24. The lowest BCUT2D eigenvalue weighted by atomic mass is 10.0. The lowest BCUT2D eigenvalue weighted by Gasteiger charge is -2.15. The highest BCUT2D eigenvalue weighted by Crippen LogP contribution is 2.19. The molecule has 0 aromatic heterocycles. The molecule has 98 valence electrons. The Morgan fingerprint density at radius 2 is 2.06 bits per heavy atom. The second-order valence-corrected chi connectivity index (χ2v) is 5.27. The van der Waals surface area contributed by atoms with Crippen molar-refractivity contribution in [3.8, 4) is 0 Å². The summed E-state index contributed by atoms with van der Waals surface area (Å²) in [6.45, 7) is 3.99. The van der Waals surface area contributed by atoms with Crippen LogP contribution in [0.15, 0.2) is 18.2 Å². The van der Waals surface area contributed by atoms with Gasteiger partial charge in [-0.2, -0.15) is 0 Å². The van der Waals surface area contributed by atoms with E-state index in [1.807, 2.05) is 17.0 Å². The van der Waals surface area contributed by atoms with Gasteiger partial charge in [0, 0.05) is 24.5 Å². The monoisotopic (exact) mass is 265 g/mol. The SMILES string of the molecule is CCc1cc(CCC(=O)N2CCCC2)ccc1Cl. The molecule has 0 saturated carbocycles. The lowest BCUT2D eigenvalue weighted by molar-refractivity contribution is -0.130. The summed E-state index contributed by atoms with van der Waals surface area (Å²) >= 11 is 6.09. The van der Waals surface area contributed by atoms with Crippen molar-refractivity contribution in [1.29, 1.82) is 0 Å². The topological polar surface area (TPSA) is 20.3 Å². The number of hydrogen-bond acceptors (Lipinski definition) is 1. The Morgan fingerprint density at radius 1 is 1.33 bits per heavy atom. The number of nitrogens with zero attached hydrogens (tertiary/aromatic N) is 1. The summed E-state index contributed by atoms with van der Waals surface area (Å²) in [5.74, 6) is 0.292. The summed E-state index contributed by atoms with van der Waals surface area (Å²) in [6, 6.07) is 6.09. The molecule has 1 aliphatic heterocycles. The van der Waals surface area contributed by atoms with E-state index in [2.05, 4.69) is 13.0 Å². The van der Waals surface area contributed by atoms with E-state index in [-0.39, 0.29) is 0 Å². The minimum Gasteiger partial charge on any atom is -0.343 e. The van der Waals surface area contributed by atoms with Crippen molar-refractivity contribution in [2.24, 2.45) is 0 Å². The van der Waals surface area contributed by atoms with Gasteiger partial charge < -0.3 is 4.90 Å². The molecule has 2 rings (SSSR count). The maximum atomic E-state index is 11.9. The largest absolute Gasteiger partial charge is 0.343 e. The van der Waals surface area contributed by atoms with Crippen LogP contribution in [0.4, 0.5) is 0 Å². The minimum atomic E-state index is 0.292. The molecule has 0 bridgehead atoms. The molecular weight excluding hydrogens is 246 g/mol. The fourth-order valence-electron chi connectivity index (χ4n) is 2.43. The Bertz CT molecular complexity index is 425. The van der Waals surface area contributed by atoms with Crippen molar-refractivity contribution in [3.63, 3.8) is 0 Å². The third kappa shape index (κ3) is 3.26. The van der Waals surface area contributed by atoms with Crippen LogP contribution < -0.4 is 0 Å². The number of aryl methyl sites for hydroxylation is 2. The lowest BCUT2D eigenvalue weighted by Crippen LogP contribution is -2.27. The molecule has 1 fully saturated rings. The predicted molar refractivity (Wildman–Crippen MR) is 75.0 cm³/mol. The minimum absolute atomic E-state index is 0.292. The Morgan fingerprint density at radius 3 is 2.72 bits per heavy atom. The van der Waals surface area contributed by atoms with Crippen molar-refractivity contribution in [2.75, 3.05) is 13.1 Å². The first-order chi connectivity index (χ1) is 8.70. The molecule has 1 aromatic carbocycles. The van der Waals surface area contributed by atoms with E-state index >= 15 is 0 Å². The highest BCUT2D eigenvalue weighted by molar-refractivity contribution is 6.31. The third-order valence-corrected chi connectivity index (χ3v) is 3.95. The summed E-state index contributed by atoms with van der Waals surface area (Å²) in [7, 11) is 0. The number of carbonyl (C=O) groups is 1. The number of carbonyl (C=O) groups excluding carboxylic acids is 1. The van der Waals surface area contributed by atoms with Gasteiger partial charge in [0.2, 0.25) is 5.91 Å². The van der Waals surface area contributed by atoms with Crippen molar-refractivity contribution in [3.05, 3.63) is 34.3 Å². The molecule has 1 amide bonds. The van der Waals surface area contributed by atoms with Gasteiger partial charge in [0.05, 0.1) is 0 Å². The molecule has 0 unspecified atom stereocenters. The van der Waals surface area contributed by atoms with E-state index in [1.54, 1.807) is 0 Å². The van der Waals surface area contributed by atoms with Crippen LogP contribution in [0.2, 0.25) is 5.02 Å². The maximum absolute atomic E-state index is 11.9. The van der Waals surface area contributed by atoms with Crippen LogP contribution in [-0.4, -0.2) is 23.9 Å².